The molecule has 7 nitrogen and oxygen atoms in total. The number of ether oxygens (including phenoxy) is 1. The highest BCUT2D eigenvalue weighted by atomic mass is 16.5. The van der Waals surface area contributed by atoms with Crippen LogP contribution < -0.4 is 15.5 Å². The van der Waals surface area contributed by atoms with E-state index in [1.54, 1.807) is 0 Å². The monoisotopic (exact) mass is 456 g/mol. The Kier molecular flexibility index (Phi) is 9.01. The molecule has 2 amide bonds. The summed E-state index contributed by atoms with van der Waals surface area (Å²) in [6.45, 7) is 7.10. The lowest BCUT2D eigenvalue weighted by atomic mass is 10.0. The first-order valence-corrected chi connectivity index (χ1v) is 13.0. The van der Waals surface area contributed by atoms with Crippen LogP contribution in [0.3, 0.4) is 0 Å². The SMILES string of the molecule is O=C(CCC1CCCC1)Nc1ccc(N2CCCC2)c(C(=O)NCCCN2CCOCC2)c1. The first-order valence-electron chi connectivity index (χ1n) is 13.0. The topological polar surface area (TPSA) is 73.9 Å². The fourth-order valence-electron chi connectivity index (χ4n) is 5.31. The highest BCUT2D eigenvalue weighted by molar-refractivity contribution is 6.02. The number of amides is 2. The van der Waals surface area contributed by atoms with Gasteiger partial charge in [0.05, 0.1) is 18.8 Å². The minimum atomic E-state index is -0.0547. The molecular formula is C26H40N4O3. The van der Waals surface area contributed by atoms with Crippen LogP contribution in [0.5, 0.6) is 0 Å². The van der Waals surface area contributed by atoms with Crippen LogP contribution in [0.4, 0.5) is 11.4 Å². The van der Waals surface area contributed by atoms with E-state index in [0.717, 1.165) is 77.3 Å². The summed E-state index contributed by atoms with van der Waals surface area (Å²) in [5.74, 6) is 0.695. The first kappa shape index (κ1) is 24.0. The zero-order valence-electron chi connectivity index (χ0n) is 19.9. The molecule has 3 fully saturated rings. The number of anilines is 2. The Labute approximate surface area is 198 Å². The number of carbonyl (C=O) groups is 2. The quantitative estimate of drug-likeness (QED) is 0.526. The van der Waals surface area contributed by atoms with Gasteiger partial charge >= 0.3 is 0 Å². The van der Waals surface area contributed by atoms with E-state index in [0.29, 0.717) is 30.1 Å². The summed E-state index contributed by atoms with van der Waals surface area (Å²) in [6, 6.07) is 5.80. The summed E-state index contributed by atoms with van der Waals surface area (Å²) < 4.78 is 5.40. The van der Waals surface area contributed by atoms with E-state index < -0.39 is 0 Å². The van der Waals surface area contributed by atoms with E-state index >= 15 is 0 Å². The molecule has 0 aromatic heterocycles. The molecule has 0 spiro atoms. The van der Waals surface area contributed by atoms with E-state index in [2.05, 4.69) is 20.4 Å². The van der Waals surface area contributed by atoms with Gasteiger partial charge in [-0.05, 0) is 56.3 Å². The van der Waals surface area contributed by atoms with E-state index in [1.807, 2.05) is 18.2 Å². The molecule has 1 aliphatic carbocycles. The van der Waals surface area contributed by atoms with Gasteiger partial charge in [-0.1, -0.05) is 25.7 Å². The van der Waals surface area contributed by atoms with Crippen molar-refractivity contribution in [3.63, 3.8) is 0 Å². The van der Waals surface area contributed by atoms with Gasteiger partial charge in [-0.25, -0.2) is 0 Å². The molecule has 1 aromatic rings. The van der Waals surface area contributed by atoms with Gasteiger partial charge in [0, 0.05) is 50.5 Å². The van der Waals surface area contributed by atoms with Crippen LogP contribution in [0.25, 0.3) is 0 Å². The van der Waals surface area contributed by atoms with E-state index in [-0.39, 0.29) is 11.8 Å². The average Bonchev–Trinajstić information content (AvgIpc) is 3.56. The molecule has 7 heteroatoms. The number of morpholine rings is 1. The van der Waals surface area contributed by atoms with Gasteiger partial charge in [0.15, 0.2) is 0 Å². The van der Waals surface area contributed by atoms with Crippen molar-refractivity contribution in [1.82, 2.24) is 10.2 Å². The van der Waals surface area contributed by atoms with Crippen molar-refractivity contribution >= 4 is 23.2 Å². The molecule has 2 N–H and O–H groups in total. The predicted octanol–water partition coefficient (Wildman–Crippen LogP) is 3.65. The normalized spacial score (nSPS) is 19.7. The number of rotatable bonds is 10. The molecular weight excluding hydrogens is 416 g/mol. The lowest BCUT2D eigenvalue weighted by Crippen LogP contribution is -2.38. The standard InChI is InChI=1S/C26H40N4O3/c31-25(11-8-21-6-1-2-7-21)28-22-9-10-24(30-14-3-4-15-30)23(20-22)26(32)27-12-5-13-29-16-18-33-19-17-29/h9-10,20-21H,1-8,11-19H2,(H,27,32)(H,28,31). The third kappa shape index (κ3) is 7.18. The maximum Gasteiger partial charge on any atom is 0.253 e. The van der Waals surface area contributed by atoms with Crippen molar-refractivity contribution in [2.45, 2.75) is 57.8 Å². The van der Waals surface area contributed by atoms with Gasteiger partial charge < -0.3 is 20.3 Å². The Bertz CT molecular complexity index is 782. The number of benzene rings is 1. The highest BCUT2D eigenvalue weighted by Gasteiger charge is 2.21. The summed E-state index contributed by atoms with van der Waals surface area (Å²) >= 11 is 0. The summed E-state index contributed by atoms with van der Waals surface area (Å²) in [7, 11) is 0. The largest absolute Gasteiger partial charge is 0.379 e. The van der Waals surface area contributed by atoms with Crippen LogP contribution in [-0.2, 0) is 9.53 Å². The van der Waals surface area contributed by atoms with Crippen LogP contribution in [0.1, 0.15) is 68.1 Å². The fraction of sp³-hybridized carbons (Fsp3) is 0.692. The van der Waals surface area contributed by atoms with Crippen LogP contribution in [-0.4, -0.2) is 69.2 Å². The van der Waals surface area contributed by atoms with Crippen LogP contribution >= 0.6 is 0 Å². The second kappa shape index (κ2) is 12.4. The molecule has 4 rings (SSSR count). The number of hydrogen-bond acceptors (Lipinski definition) is 5. The summed E-state index contributed by atoms with van der Waals surface area (Å²) in [5.41, 5.74) is 2.35. The number of nitrogens with zero attached hydrogens (tertiary/aromatic N) is 2. The number of nitrogens with one attached hydrogen (secondary N) is 2. The Morgan fingerprint density at radius 1 is 1.00 bits per heavy atom. The minimum Gasteiger partial charge on any atom is -0.379 e. The van der Waals surface area contributed by atoms with Crippen molar-refractivity contribution < 1.29 is 14.3 Å². The maximum atomic E-state index is 13.1. The lowest BCUT2D eigenvalue weighted by molar-refractivity contribution is -0.116. The maximum absolute atomic E-state index is 13.1. The Hall–Kier alpha value is -2.12. The smallest absolute Gasteiger partial charge is 0.253 e. The van der Waals surface area contributed by atoms with E-state index in [4.69, 9.17) is 4.74 Å². The minimum absolute atomic E-state index is 0.0488. The van der Waals surface area contributed by atoms with Crippen LogP contribution in [0, 0.1) is 5.92 Å². The number of carbonyl (C=O) groups excluding carboxylic acids is 2. The van der Waals surface area contributed by atoms with Gasteiger partial charge in [0.25, 0.3) is 5.91 Å². The second-order valence-corrected chi connectivity index (χ2v) is 9.73. The molecule has 0 radical (unpaired) electrons. The Balaban J connectivity index is 1.33. The van der Waals surface area contributed by atoms with Gasteiger partial charge in [-0.2, -0.15) is 0 Å². The third-order valence-corrected chi connectivity index (χ3v) is 7.27. The molecule has 1 saturated carbocycles. The molecule has 0 atom stereocenters. The first-order chi connectivity index (χ1) is 16.2. The van der Waals surface area contributed by atoms with Crippen molar-refractivity contribution in [3.05, 3.63) is 23.8 Å². The van der Waals surface area contributed by atoms with E-state index in [1.165, 1.54) is 25.7 Å². The Morgan fingerprint density at radius 2 is 1.76 bits per heavy atom. The molecule has 3 aliphatic rings. The zero-order chi connectivity index (χ0) is 22.9. The molecule has 1 aromatic carbocycles. The molecule has 0 unspecified atom stereocenters. The predicted molar refractivity (Wildman–Crippen MR) is 132 cm³/mol. The third-order valence-electron chi connectivity index (χ3n) is 7.27. The van der Waals surface area contributed by atoms with Gasteiger partial charge in [0.2, 0.25) is 5.91 Å². The van der Waals surface area contributed by atoms with Gasteiger partial charge in [-0.15, -0.1) is 0 Å². The molecule has 2 heterocycles. The molecule has 33 heavy (non-hydrogen) atoms. The molecule has 182 valence electrons. The summed E-state index contributed by atoms with van der Waals surface area (Å²) in [6.07, 6.45) is 9.87. The molecule has 0 bridgehead atoms. The molecule has 2 aliphatic heterocycles. The van der Waals surface area contributed by atoms with Crippen molar-refractivity contribution in [2.75, 3.05) is 62.7 Å². The fourth-order valence-corrected chi connectivity index (χ4v) is 5.31. The average molecular weight is 457 g/mol. The summed E-state index contributed by atoms with van der Waals surface area (Å²) in [5, 5.41) is 6.14. The Morgan fingerprint density at radius 3 is 2.52 bits per heavy atom. The van der Waals surface area contributed by atoms with Crippen molar-refractivity contribution in [1.29, 1.82) is 0 Å². The second-order valence-electron chi connectivity index (χ2n) is 9.73. The lowest BCUT2D eigenvalue weighted by Gasteiger charge is -2.26. The number of hydrogen-bond donors (Lipinski definition) is 2. The van der Waals surface area contributed by atoms with Crippen LogP contribution in [0.15, 0.2) is 18.2 Å². The highest BCUT2D eigenvalue weighted by Crippen LogP contribution is 2.30. The zero-order valence-corrected chi connectivity index (χ0v) is 19.9. The van der Waals surface area contributed by atoms with Gasteiger partial charge in [-0.3, -0.25) is 14.5 Å². The molecule has 2 saturated heterocycles. The van der Waals surface area contributed by atoms with Gasteiger partial charge in [0.1, 0.15) is 0 Å². The van der Waals surface area contributed by atoms with Crippen LogP contribution in [0.2, 0.25) is 0 Å². The summed E-state index contributed by atoms with van der Waals surface area (Å²) in [4.78, 5) is 30.3. The van der Waals surface area contributed by atoms with Crippen molar-refractivity contribution in [2.24, 2.45) is 5.92 Å². The van der Waals surface area contributed by atoms with E-state index in [9.17, 15) is 9.59 Å². The van der Waals surface area contributed by atoms with Crippen molar-refractivity contribution in [3.8, 4) is 0 Å².